The van der Waals surface area contributed by atoms with Gasteiger partial charge in [0.25, 0.3) is 5.91 Å². The first-order chi connectivity index (χ1) is 20.2. The van der Waals surface area contributed by atoms with Crippen molar-refractivity contribution in [3.05, 3.63) is 12.2 Å². The second-order valence-corrected chi connectivity index (χ2v) is 10.0. The number of carbonyl (C=O) groups excluding carboxylic acids is 3. The third-order valence-electron chi connectivity index (χ3n) is 7.24. The first-order valence-electron chi connectivity index (χ1n) is 14.3. The van der Waals surface area contributed by atoms with Crippen LogP contribution in [0, 0.1) is 17.8 Å². The standard InChI is InChI=1S/C25H32N8O7.C2H6/c1-2-27-23(37)20-18(35)19(36)24(40-20)33-12-29-17-21(26)30-15(31-22(17)33)5-3-4-13-6-8-32(9-7-13)25(38)39-14-10-16(34)28-11-14;1-2/h12-14,18-20,24,35-36H,2,4,6-11H2,1H3,(H,27,37)(H,28,34)(H2,26,30,31);1-2H3/t14?,18?,19-,20-,24+;/m0./s1. The number of piperidine rings is 1. The molecular formula is C27H38N8O7. The molecule has 15 heteroatoms. The van der Waals surface area contributed by atoms with Crippen LogP contribution in [0.3, 0.4) is 0 Å². The number of aliphatic hydroxyl groups is 2. The second-order valence-electron chi connectivity index (χ2n) is 10.0. The van der Waals surface area contributed by atoms with E-state index in [1.807, 2.05) is 13.8 Å². The number of nitrogen functional groups attached to an aromatic ring is 1. The highest BCUT2D eigenvalue weighted by molar-refractivity contribution is 5.83. The molecule has 2 aromatic rings. The first kappa shape index (κ1) is 30.9. The summed E-state index contributed by atoms with van der Waals surface area (Å²) < 4.78 is 12.5. The van der Waals surface area contributed by atoms with Crippen molar-refractivity contribution in [1.29, 1.82) is 0 Å². The van der Waals surface area contributed by atoms with Crippen molar-refractivity contribution in [2.24, 2.45) is 5.92 Å². The smallest absolute Gasteiger partial charge is 0.410 e. The van der Waals surface area contributed by atoms with Crippen LogP contribution < -0.4 is 16.4 Å². The fourth-order valence-corrected chi connectivity index (χ4v) is 5.03. The van der Waals surface area contributed by atoms with Crippen LogP contribution in [0.15, 0.2) is 6.33 Å². The highest BCUT2D eigenvalue weighted by Crippen LogP contribution is 2.32. The number of imidazole rings is 1. The minimum absolute atomic E-state index is 0.0901. The molecule has 0 aromatic carbocycles. The molecule has 5 rings (SSSR count). The molecule has 228 valence electrons. The average molecular weight is 587 g/mol. The van der Waals surface area contributed by atoms with Crippen molar-refractivity contribution >= 4 is 34.9 Å². The molecule has 3 fully saturated rings. The predicted octanol–water partition coefficient (Wildman–Crippen LogP) is -0.331. The number of likely N-dealkylation sites (tertiary alicyclic amines) is 1. The molecule has 6 N–H and O–H groups in total. The number of fused-ring (bicyclic) bond motifs is 1. The summed E-state index contributed by atoms with van der Waals surface area (Å²) in [5.74, 6) is 5.88. The van der Waals surface area contributed by atoms with Gasteiger partial charge in [0.2, 0.25) is 11.7 Å². The molecule has 2 aromatic heterocycles. The summed E-state index contributed by atoms with van der Waals surface area (Å²) in [5.41, 5.74) is 6.61. The van der Waals surface area contributed by atoms with Crippen LogP contribution in [0.4, 0.5) is 10.6 Å². The van der Waals surface area contributed by atoms with Gasteiger partial charge < -0.3 is 41.0 Å². The van der Waals surface area contributed by atoms with Crippen molar-refractivity contribution < 1.29 is 34.1 Å². The number of hydrogen-bond donors (Lipinski definition) is 5. The zero-order chi connectivity index (χ0) is 30.4. The van der Waals surface area contributed by atoms with Crippen molar-refractivity contribution in [3.63, 3.8) is 0 Å². The maximum atomic E-state index is 12.4. The Labute approximate surface area is 243 Å². The van der Waals surface area contributed by atoms with Crippen molar-refractivity contribution in [2.75, 3.05) is 31.9 Å². The van der Waals surface area contributed by atoms with Gasteiger partial charge in [-0.05, 0) is 31.6 Å². The Kier molecular flexibility index (Phi) is 10.2. The van der Waals surface area contributed by atoms with Crippen molar-refractivity contribution in [3.8, 4) is 11.8 Å². The molecule has 5 heterocycles. The van der Waals surface area contributed by atoms with E-state index in [1.165, 1.54) is 10.9 Å². The van der Waals surface area contributed by atoms with E-state index in [-0.39, 0.29) is 41.1 Å². The molecule has 3 amide bonds. The number of nitrogens with two attached hydrogens (primary N) is 1. The lowest BCUT2D eigenvalue weighted by atomic mass is 9.94. The van der Waals surface area contributed by atoms with Crippen molar-refractivity contribution in [1.82, 2.24) is 35.1 Å². The van der Waals surface area contributed by atoms with Gasteiger partial charge in [-0.2, -0.15) is 0 Å². The number of nitrogens with zero attached hydrogens (tertiary/aromatic N) is 5. The first-order valence-corrected chi connectivity index (χ1v) is 14.3. The molecule has 3 aliphatic heterocycles. The normalized spacial score (nSPS) is 25.7. The topological polar surface area (TPSA) is 207 Å². The largest absolute Gasteiger partial charge is 0.444 e. The molecular weight excluding hydrogens is 548 g/mol. The van der Waals surface area contributed by atoms with Crippen LogP contribution in [0.1, 0.15) is 58.5 Å². The van der Waals surface area contributed by atoms with E-state index in [0.29, 0.717) is 32.6 Å². The summed E-state index contributed by atoms with van der Waals surface area (Å²) in [6.07, 6.45) is -2.41. The van der Waals surface area contributed by atoms with Crippen LogP contribution in [-0.2, 0) is 19.1 Å². The minimum atomic E-state index is -1.44. The van der Waals surface area contributed by atoms with Crippen LogP contribution in [-0.4, -0.2) is 103 Å². The maximum absolute atomic E-state index is 12.4. The van der Waals surface area contributed by atoms with Gasteiger partial charge in [0, 0.05) is 26.1 Å². The molecule has 0 aliphatic carbocycles. The monoisotopic (exact) mass is 586 g/mol. The number of likely N-dealkylation sites (N-methyl/N-ethyl adjacent to an activating group) is 1. The van der Waals surface area contributed by atoms with Gasteiger partial charge in [-0.3, -0.25) is 14.2 Å². The Bertz CT molecular complexity index is 1350. The third kappa shape index (κ3) is 6.72. The van der Waals surface area contributed by atoms with Gasteiger partial charge in [0.15, 0.2) is 23.8 Å². The van der Waals surface area contributed by atoms with Gasteiger partial charge >= 0.3 is 6.09 Å². The Morgan fingerprint density at radius 1 is 1.24 bits per heavy atom. The fraction of sp³-hybridized carbons (Fsp3) is 0.630. The number of carbonyl (C=O) groups is 3. The van der Waals surface area contributed by atoms with Crippen molar-refractivity contribution in [2.45, 2.75) is 77.1 Å². The van der Waals surface area contributed by atoms with Crippen LogP contribution in [0.5, 0.6) is 0 Å². The fourth-order valence-electron chi connectivity index (χ4n) is 5.03. The van der Waals surface area contributed by atoms with Gasteiger partial charge in [0.05, 0.1) is 19.3 Å². The van der Waals surface area contributed by atoms with E-state index in [9.17, 15) is 24.6 Å². The van der Waals surface area contributed by atoms with E-state index in [2.05, 4.69) is 37.4 Å². The number of anilines is 1. The van der Waals surface area contributed by atoms with Crippen LogP contribution in [0.2, 0.25) is 0 Å². The van der Waals surface area contributed by atoms with E-state index < -0.39 is 42.6 Å². The molecule has 0 bridgehead atoms. The molecule has 0 saturated carbocycles. The van der Waals surface area contributed by atoms with Gasteiger partial charge in [0.1, 0.15) is 23.8 Å². The Morgan fingerprint density at radius 2 is 1.98 bits per heavy atom. The number of hydrogen-bond acceptors (Lipinski definition) is 11. The highest BCUT2D eigenvalue weighted by atomic mass is 16.6. The lowest BCUT2D eigenvalue weighted by molar-refractivity contribution is -0.137. The zero-order valence-corrected chi connectivity index (χ0v) is 23.9. The third-order valence-corrected chi connectivity index (χ3v) is 7.24. The minimum Gasteiger partial charge on any atom is -0.444 e. The predicted molar refractivity (Wildman–Crippen MR) is 149 cm³/mol. The SMILES string of the molecule is CC.CCNC(=O)[C@H]1O[C@@H](n2cnc3c(N)nc(C#CCC4CCN(C(=O)OC5CNC(=O)C5)CC4)nc32)[C@@H](O)C1O. The summed E-state index contributed by atoms with van der Waals surface area (Å²) in [6, 6.07) is 0. The van der Waals surface area contributed by atoms with E-state index in [0.717, 1.165) is 12.8 Å². The molecule has 0 radical (unpaired) electrons. The second kappa shape index (κ2) is 13.8. The maximum Gasteiger partial charge on any atom is 0.410 e. The lowest BCUT2D eigenvalue weighted by Crippen LogP contribution is -2.42. The average Bonchev–Trinajstić information content (AvgIpc) is 3.68. The summed E-state index contributed by atoms with van der Waals surface area (Å²) in [4.78, 5) is 50.4. The number of rotatable bonds is 5. The summed E-state index contributed by atoms with van der Waals surface area (Å²) in [6.45, 7) is 7.52. The molecule has 2 unspecified atom stereocenters. The lowest BCUT2D eigenvalue weighted by Gasteiger charge is -2.31. The van der Waals surface area contributed by atoms with Crippen LogP contribution in [0.25, 0.3) is 11.2 Å². The molecule has 3 aliphatic rings. The van der Waals surface area contributed by atoms with E-state index in [4.69, 9.17) is 15.2 Å². The molecule has 5 atom stereocenters. The Balaban J connectivity index is 0.00000198. The van der Waals surface area contributed by atoms with E-state index in [1.54, 1.807) is 11.8 Å². The molecule has 15 nitrogen and oxygen atoms in total. The Morgan fingerprint density at radius 3 is 2.64 bits per heavy atom. The number of ether oxygens (including phenoxy) is 2. The van der Waals surface area contributed by atoms with Crippen LogP contribution >= 0.6 is 0 Å². The number of nitrogens with one attached hydrogen (secondary N) is 2. The zero-order valence-electron chi connectivity index (χ0n) is 23.9. The van der Waals surface area contributed by atoms with Gasteiger partial charge in [-0.15, -0.1) is 0 Å². The number of aromatic nitrogens is 4. The highest BCUT2D eigenvalue weighted by Gasteiger charge is 2.47. The summed E-state index contributed by atoms with van der Waals surface area (Å²) in [7, 11) is 0. The molecule has 3 saturated heterocycles. The molecule has 42 heavy (non-hydrogen) atoms. The van der Waals surface area contributed by atoms with Gasteiger partial charge in [-0.25, -0.2) is 19.7 Å². The number of amides is 3. The molecule has 0 spiro atoms. The number of aliphatic hydroxyl groups excluding tert-OH is 2. The Hall–Kier alpha value is -4.00. The van der Waals surface area contributed by atoms with E-state index >= 15 is 0 Å². The summed E-state index contributed by atoms with van der Waals surface area (Å²) >= 11 is 0. The quantitative estimate of drug-likeness (QED) is 0.287. The summed E-state index contributed by atoms with van der Waals surface area (Å²) in [5, 5.41) is 26.2. The van der Waals surface area contributed by atoms with Gasteiger partial charge in [-0.1, -0.05) is 19.8 Å².